The quantitative estimate of drug-likeness (QED) is 0.188. The van der Waals surface area contributed by atoms with E-state index in [0.29, 0.717) is 0 Å². The third kappa shape index (κ3) is 4.06. The Balaban J connectivity index is 1.16. The summed E-state index contributed by atoms with van der Waals surface area (Å²) >= 11 is 0. The predicted molar refractivity (Wildman–Crippen MR) is 203 cm³/mol. The number of benzene rings is 8. The van der Waals surface area contributed by atoms with Crippen LogP contribution < -0.4 is 0 Å². The van der Waals surface area contributed by atoms with Gasteiger partial charge >= 0.3 is 0 Å². The van der Waals surface area contributed by atoms with Crippen molar-refractivity contribution < 1.29 is 0 Å². The molecule has 2 aromatic heterocycles. The summed E-state index contributed by atoms with van der Waals surface area (Å²) in [6.45, 7) is 0. The van der Waals surface area contributed by atoms with Crippen molar-refractivity contribution in [2.75, 3.05) is 0 Å². The summed E-state index contributed by atoms with van der Waals surface area (Å²) in [5, 5.41) is 7.53. The molecule has 0 atom stereocenters. The van der Waals surface area contributed by atoms with Crippen molar-refractivity contribution in [1.29, 1.82) is 0 Å². The average Bonchev–Trinajstić information content (AvgIpc) is 3.67. The standard InChI is InChI=1S/C46H30N2/c1-2-11-31(12-3-1)32-21-25-36(26-22-32)47-43-18-8-7-17-39(43)41-29-34(24-28-45(41)47)35-23-27-40-38-16-6-9-19-44(38)48(46(40)30-35)42-20-10-14-33-13-4-5-15-37(33)42/h1-30H. The van der Waals surface area contributed by atoms with Gasteiger partial charge in [-0.25, -0.2) is 0 Å². The predicted octanol–water partition coefficient (Wildman–Crippen LogP) is 12.4. The van der Waals surface area contributed by atoms with Gasteiger partial charge in [0.1, 0.15) is 0 Å². The topological polar surface area (TPSA) is 9.86 Å². The molecule has 0 aliphatic rings. The largest absolute Gasteiger partial charge is 0.309 e. The Morgan fingerprint density at radius 2 is 0.812 bits per heavy atom. The minimum atomic E-state index is 1.16. The summed E-state index contributed by atoms with van der Waals surface area (Å²) in [6, 6.07) is 66.2. The van der Waals surface area contributed by atoms with Crippen molar-refractivity contribution in [2.45, 2.75) is 0 Å². The molecule has 0 unspecified atom stereocenters. The molecule has 2 heteroatoms. The molecule has 0 saturated carbocycles. The minimum Gasteiger partial charge on any atom is -0.309 e. The zero-order valence-electron chi connectivity index (χ0n) is 26.2. The molecule has 0 aliphatic carbocycles. The molecule has 2 nitrogen and oxygen atoms in total. The van der Waals surface area contributed by atoms with Crippen molar-refractivity contribution in [3.8, 4) is 33.6 Å². The van der Waals surface area contributed by atoms with Gasteiger partial charge in [0.25, 0.3) is 0 Å². The zero-order chi connectivity index (χ0) is 31.6. The van der Waals surface area contributed by atoms with Crippen molar-refractivity contribution in [3.63, 3.8) is 0 Å². The van der Waals surface area contributed by atoms with E-state index in [4.69, 9.17) is 0 Å². The first-order valence-electron chi connectivity index (χ1n) is 16.5. The molecule has 2 heterocycles. The second kappa shape index (κ2) is 10.6. The van der Waals surface area contributed by atoms with Gasteiger partial charge in [-0.15, -0.1) is 0 Å². The second-order valence-corrected chi connectivity index (χ2v) is 12.6. The summed E-state index contributed by atoms with van der Waals surface area (Å²) in [5.41, 5.74) is 12.1. The molecular weight excluding hydrogens is 581 g/mol. The summed E-state index contributed by atoms with van der Waals surface area (Å²) in [5.74, 6) is 0. The van der Waals surface area contributed by atoms with E-state index in [1.165, 1.54) is 82.3 Å². The Bertz CT molecular complexity index is 2810. The van der Waals surface area contributed by atoms with Crippen molar-refractivity contribution in [2.24, 2.45) is 0 Å². The molecular formula is C46H30N2. The Kier molecular flexibility index (Phi) is 5.91. The van der Waals surface area contributed by atoms with Gasteiger partial charge in [0.15, 0.2) is 0 Å². The van der Waals surface area contributed by atoms with Crippen LogP contribution in [0.15, 0.2) is 182 Å². The van der Waals surface area contributed by atoms with Crippen LogP contribution in [-0.4, -0.2) is 9.13 Å². The maximum Gasteiger partial charge on any atom is 0.0547 e. The normalized spacial score (nSPS) is 11.8. The molecule has 0 amide bonds. The number of aromatic nitrogens is 2. The highest BCUT2D eigenvalue weighted by molar-refractivity contribution is 6.13. The van der Waals surface area contributed by atoms with Gasteiger partial charge in [-0.3, -0.25) is 0 Å². The van der Waals surface area contributed by atoms with Gasteiger partial charge in [0.2, 0.25) is 0 Å². The maximum atomic E-state index is 2.44. The summed E-state index contributed by atoms with van der Waals surface area (Å²) < 4.78 is 4.84. The number of hydrogen-bond donors (Lipinski definition) is 0. The van der Waals surface area contributed by atoms with Crippen LogP contribution in [-0.2, 0) is 0 Å². The van der Waals surface area contributed by atoms with Crippen LogP contribution in [0.25, 0.3) is 88.0 Å². The van der Waals surface area contributed by atoms with Gasteiger partial charge < -0.3 is 9.13 Å². The van der Waals surface area contributed by atoms with Gasteiger partial charge in [-0.1, -0.05) is 133 Å². The van der Waals surface area contributed by atoms with E-state index < -0.39 is 0 Å². The molecule has 10 rings (SSSR count). The van der Waals surface area contributed by atoms with E-state index in [2.05, 4.69) is 191 Å². The summed E-state index contributed by atoms with van der Waals surface area (Å²) in [4.78, 5) is 0. The Morgan fingerprint density at radius 3 is 1.62 bits per heavy atom. The highest BCUT2D eigenvalue weighted by Gasteiger charge is 2.17. The van der Waals surface area contributed by atoms with Gasteiger partial charge in [-0.05, 0) is 76.2 Å². The van der Waals surface area contributed by atoms with Crippen LogP contribution in [0.2, 0.25) is 0 Å². The average molecular weight is 611 g/mol. The third-order valence-electron chi connectivity index (χ3n) is 9.92. The molecule has 0 radical (unpaired) electrons. The molecule has 0 bridgehead atoms. The first-order chi connectivity index (χ1) is 23.8. The van der Waals surface area contributed by atoms with Crippen LogP contribution in [0.3, 0.4) is 0 Å². The minimum absolute atomic E-state index is 1.16. The number of hydrogen-bond acceptors (Lipinski definition) is 0. The Labute approximate surface area is 278 Å². The van der Waals surface area contributed by atoms with E-state index in [1.54, 1.807) is 0 Å². The lowest BCUT2D eigenvalue weighted by molar-refractivity contribution is 1.18. The lowest BCUT2D eigenvalue weighted by Crippen LogP contribution is -1.95. The molecule has 224 valence electrons. The Hall–Kier alpha value is -6.38. The third-order valence-corrected chi connectivity index (χ3v) is 9.92. The molecule has 0 fully saturated rings. The molecule has 10 aromatic rings. The molecule has 0 spiro atoms. The number of rotatable bonds is 4. The van der Waals surface area contributed by atoms with E-state index in [9.17, 15) is 0 Å². The van der Waals surface area contributed by atoms with Crippen LogP contribution in [0.5, 0.6) is 0 Å². The van der Waals surface area contributed by atoms with Crippen molar-refractivity contribution >= 4 is 54.4 Å². The summed E-state index contributed by atoms with van der Waals surface area (Å²) in [6.07, 6.45) is 0. The van der Waals surface area contributed by atoms with Crippen molar-refractivity contribution in [3.05, 3.63) is 182 Å². The number of fused-ring (bicyclic) bond motifs is 7. The molecule has 8 aromatic carbocycles. The highest BCUT2D eigenvalue weighted by Crippen LogP contribution is 2.39. The monoisotopic (exact) mass is 610 g/mol. The fourth-order valence-corrected chi connectivity index (χ4v) is 7.68. The Morgan fingerprint density at radius 1 is 0.271 bits per heavy atom. The second-order valence-electron chi connectivity index (χ2n) is 12.6. The van der Waals surface area contributed by atoms with Crippen LogP contribution in [0.4, 0.5) is 0 Å². The fourth-order valence-electron chi connectivity index (χ4n) is 7.68. The number of para-hydroxylation sites is 2. The lowest BCUT2D eigenvalue weighted by Gasteiger charge is -2.12. The van der Waals surface area contributed by atoms with Crippen LogP contribution in [0, 0.1) is 0 Å². The molecule has 48 heavy (non-hydrogen) atoms. The van der Waals surface area contributed by atoms with Gasteiger partial charge in [0, 0.05) is 32.6 Å². The fraction of sp³-hybridized carbons (Fsp3) is 0. The summed E-state index contributed by atoms with van der Waals surface area (Å²) in [7, 11) is 0. The first-order valence-corrected chi connectivity index (χ1v) is 16.5. The molecule has 0 aliphatic heterocycles. The molecule has 0 saturated heterocycles. The van der Waals surface area contributed by atoms with Gasteiger partial charge in [-0.2, -0.15) is 0 Å². The first kappa shape index (κ1) is 26.8. The lowest BCUT2D eigenvalue weighted by atomic mass is 10.0. The van der Waals surface area contributed by atoms with E-state index >= 15 is 0 Å². The maximum absolute atomic E-state index is 2.44. The number of nitrogens with zero attached hydrogens (tertiary/aromatic N) is 2. The smallest absolute Gasteiger partial charge is 0.0547 e. The van der Waals surface area contributed by atoms with Crippen LogP contribution in [0.1, 0.15) is 0 Å². The molecule has 0 N–H and O–H groups in total. The van der Waals surface area contributed by atoms with Gasteiger partial charge in [0.05, 0.1) is 27.8 Å². The van der Waals surface area contributed by atoms with Crippen LogP contribution >= 0.6 is 0 Å². The van der Waals surface area contributed by atoms with Crippen molar-refractivity contribution in [1.82, 2.24) is 9.13 Å². The highest BCUT2D eigenvalue weighted by atomic mass is 15.0. The van der Waals surface area contributed by atoms with E-state index in [-0.39, 0.29) is 0 Å². The van der Waals surface area contributed by atoms with E-state index in [1.807, 2.05) is 0 Å². The zero-order valence-corrected chi connectivity index (χ0v) is 26.2. The SMILES string of the molecule is c1ccc(-c2ccc(-n3c4ccccc4c4cc(-c5ccc6c7ccccc7n(-c7cccc8ccccc78)c6c5)ccc43)cc2)cc1. The van der Waals surface area contributed by atoms with E-state index in [0.717, 1.165) is 5.69 Å².